The van der Waals surface area contributed by atoms with E-state index in [0.717, 1.165) is 23.0 Å². The maximum Gasteiger partial charge on any atom is 0.408 e. The number of aliphatic hydroxyl groups is 1. The molecule has 12 heteroatoms. The van der Waals surface area contributed by atoms with Gasteiger partial charge in [-0.2, -0.15) is 0 Å². The molecule has 5 rings (SSSR count). The summed E-state index contributed by atoms with van der Waals surface area (Å²) in [6.07, 6.45) is -2.02. The zero-order valence-electron chi connectivity index (χ0n) is 29.7. The quantitative estimate of drug-likeness (QED) is 0.0883. The van der Waals surface area contributed by atoms with Gasteiger partial charge >= 0.3 is 18.0 Å². The molecule has 2 fully saturated rings. The number of rotatable bonds is 13. The van der Waals surface area contributed by atoms with Gasteiger partial charge in [0.05, 0.1) is 31.3 Å². The number of alkyl carbamates (subject to hydrolysis) is 1. The molecule has 0 saturated heterocycles. The molecule has 52 heavy (non-hydrogen) atoms. The Kier molecular flexibility index (Phi) is 11.2. The maximum atomic E-state index is 14.4. The van der Waals surface area contributed by atoms with Gasteiger partial charge in [-0.05, 0) is 44.4 Å². The highest BCUT2D eigenvalue weighted by Crippen LogP contribution is 2.63. The van der Waals surface area contributed by atoms with Crippen LogP contribution in [0, 0.1) is 17.8 Å². The zero-order valence-corrected chi connectivity index (χ0v) is 29.7. The van der Waals surface area contributed by atoms with Crippen molar-refractivity contribution >= 4 is 29.8 Å². The monoisotopic (exact) mass is 711 g/mol. The predicted molar refractivity (Wildman–Crippen MR) is 190 cm³/mol. The highest BCUT2D eigenvalue weighted by Gasteiger charge is 2.76. The van der Waals surface area contributed by atoms with Crippen LogP contribution < -0.4 is 16.0 Å². The van der Waals surface area contributed by atoms with E-state index in [1.807, 2.05) is 91.0 Å². The second kappa shape index (κ2) is 15.4. The molecular formula is C40H45N3O9. The molecule has 0 aliphatic heterocycles. The lowest BCUT2D eigenvalue weighted by atomic mass is 9.77. The van der Waals surface area contributed by atoms with Gasteiger partial charge in [0.15, 0.2) is 0 Å². The normalized spacial score (nSPS) is 22.5. The number of carbonyl (C=O) groups is 5. The van der Waals surface area contributed by atoms with Crippen LogP contribution in [0.2, 0.25) is 0 Å². The summed E-state index contributed by atoms with van der Waals surface area (Å²) in [5.74, 6) is -5.60. The molecule has 0 bridgehead atoms. The molecule has 2 saturated carbocycles. The summed E-state index contributed by atoms with van der Waals surface area (Å²) in [7, 11) is 0. The number of benzene rings is 3. The Morgan fingerprint density at radius 1 is 0.904 bits per heavy atom. The van der Waals surface area contributed by atoms with E-state index >= 15 is 0 Å². The molecule has 0 aromatic heterocycles. The minimum atomic E-state index is -1.85. The molecule has 2 aliphatic carbocycles. The summed E-state index contributed by atoms with van der Waals surface area (Å²) >= 11 is 0. The lowest BCUT2D eigenvalue weighted by Crippen LogP contribution is -2.62. The first-order chi connectivity index (χ1) is 24.8. The molecule has 6 atom stereocenters. The van der Waals surface area contributed by atoms with Crippen LogP contribution in [0.25, 0.3) is 0 Å². The molecule has 2 unspecified atom stereocenters. The van der Waals surface area contributed by atoms with Crippen LogP contribution in [-0.2, 0) is 38.9 Å². The number of carbonyl (C=O) groups excluding carboxylic acids is 5. The molecule has 0 heterocycles. The van der Waals surface area contributed by atoms with E-state index in [1.165, 1.54) is 0 Å². The summed E-state index contributed by atoms with van der Waals surface area (Å²) in [4.78, 5) is 68.2. The Morgan fingerprint density at radius 3 is 1.88 bits per heavy atom. The third kappa shape index (κ3) is 7.71. The van der Waals surface area contributed by atoms with Crippen molar-refractivity contribution < 1.29 is 43.3 Å². The number of ether oxygens (including phenoxy) is 3. The van der Waals surface area contributed by atoms with Gasteiger partial charge in [0.2, 0.25) is 11.8 Å². The number of esters is 2. The van der Waals surface area contributed by atoms with E-state index in [2.05, 4.69) is 22.5 Å². The third-order valence-electron chi connectivity index (χ3n) is 9.42. The van der Waals surface area contributed by atoms with Crippen LogP contribution in [0.5, 0.6) is 0 Å². The first-order valence-corrected chi connectivity index (χ1v) is 17.2. The molecule has 3 aromatic carbocycles. The van der Waals surface area contributed by atoms with E-state index in [9.17, 15) is 29.1 Å². The van der Waals surface area contributed by atoms with Crippen LogP contribution in [-0.4, -0.2) is 64.8 Å². The van der Waals surface area contributed by atoms with Crippen molar-refractivity contribution in [1.82, 2.24) is 16.0 Å². The lowest BCUT2D eigenvalue weighted by Gasteiger charge is -2.37. The third-order valence-corrected chi connectivity index (χ3v) is 9.42. The Labute approximate surface area is 302 Å². The van der Waals surface area contributed by atoms with Crippen molar-refractivity contribution in [3.63, 3.8) is 0 Å². The number of aliphatic hydroxyl groups excluding tert-OH is 1. The largest absolute Gasteiger partial charge is 0.464 e. The van der Waals surface area contributed by atoms with Crippen LogP contribution in [0.1, 0.15) is 57.2 Å². The molecule has 3 amide bonds. The van der Waals surface area contributed by atoms with Gasteiger partial charge in [-0.15, -0.1) is 0 Å². The van der Waals surface area contributed by atoms with Gasteiger partial charge in [0.25, 0.3) is 0 Å². The van der Waals surface area contributed by atoms with Crippen molar-refractivity contribution in [2.75, 3.05) is 6.61 Å². The first-order valence-electron chi connectivity index (χ1n) is 17.2. The molecule has 0 radical (unpaired) electrons. The summed E-state index contributed by atoms with van der Waals surface area (Å²) in [5, 5.41) is 19.3. The van der Waals surface area contributed by atoms with E-state index in [0.29, 0.717) is 0 Å². The minimum Gasteiger partial charge on any atom is -0.464 e. The number of hydrogen-bond donors (Lipinski definition) is 4. The average Bonchev–Trinajstić information content (AvgIpc) is 3.81. The zero-order chi connectivity index (χ0) is 37.7. The van der Waals surface area contributed by atoms with Gasteiger partial charge in [0.1, 0.15) is 22.7 Å². The number of fused-ring (bicyclic) bond motifs is 1. The number of amides is 3. The molecule has 3 aromatic rings. The second-order valence-electron chi connectivity index (χ2n) is 14.0. The fourth-order valence-electron chi connectivity index (χ4n) is 7.37. The minimum absolute atomic E-state index is 0.0474. The van der Waals surface area contributed by atoms with E-state index in [4.69, 9.17) is 14.2 Å². The molecule has 274 valence electrons. The Hall–Kier alpha value is -5.49. The molecule has 12 nitrogen and oxygen atoms in total. The van der Waals surface area contributed by atoms with Crippen LogP contribution in [0.15, 0.2) is 104 Å². The summed E-state index contributed by atoms with van der Waals surface area (Å²) < 4.78 is 15.8. The Balaban J connectivity index is 1.52. The molecule has 2 aliphatic rings. The molecule has 4 N–H and O–H groups in total. The smallest absolute Gasteiger partial charge is 0.408 e. The standard InChI is InChI=1S/C40H45N3O9/c1-6-50-35(47)32-31-29(44)24-39(33(31)32,36(48)51-7-2)43-34(46)28(41-37(49)52-38(3,4)5)23-30(45)42-40(25-17-11-8-12-18-25,26-19-13-9-14-20-26)27-21-15-10-16-22-27/h6,8-22,28-29,31-33,44H,1,7,23-24H2,2-5H3,(H,41,49)(H,42,45)(H,43,46)/t28?,29-,31-,32-,33-,39?/m0/s1. The Morgan fingerprint density at radius 2 is 1.42 bits per heavy atom. The van der Waals surface area contributed by atoms with Gasteiger partial charge in [-0.3, -0.25) is 14.4 Å². The van der Waals surface area contributed by atoms with Crippen molar-refractivity contribution in [2.45, 2.75) is 69.4 Å². The van der Waals surface area contributed by atoms with Crippen molar-refractivity contribution in [2.24, 2.45) is 17.8 Å². The van der Waals surface area contributed by atoms with Crippen molar-refractivity contribution in [3.05, 3.63) is 121 Å². The van der Waals surface area contributed by atoms with Crippen molar-refractivity contribution in [1.29, 1.82) is 0 Å². The maximum absolute atomic E-state index is 14.4. The SMILES string of the molecule is C=COC(=O)[C@H]1[C@H]2[C@@H]1C(NC(=O)C(CC(=O)NC(c1ccccc1)(c1ccccc1)c1ccccc1)NC(=O)OC(C)(C)C)(C(=O)OCC)C[C@@H]2O. The lowest BCUT2D eigenvalue weighted by molar-refractivity contribution is -0.156. The van der Waals surface area contributed by atoms with Crippen molar-refractivity contribution in [3.8, 4) is 0 Å². The van der Waals surface area contributed by atoms with Gasteiger partial charge in [0, 0.05) is 18.3 Å². The predicted octanol–water partition coefficient (Wildman–Crippen LogP) is 4.11. The topological polar surface area (TPSA) is 169 Å². The van der Waals surface area contributed by atoms with Crippen LogP contribution >= 0.6 is 0 Å². The summed E-state index contributed by atoms with van der Waals surface area (Å²) in [6, 6.07) is 26.5. The van der Waals surface area contributed by atoms with Gasteiger partial charge in [-0.25, -0.2) is 9.59 Å². The van der Waals surface area contributed by atoms with E-state index < -0.39 is 82.8 Å². The number of nitrogens with one attached hydrogen (secondary N) is 3. The Bertz CT molecular complexity index is 1680. The molecule has 0 spiro atoms. The first kappa shape index (κ1) is 37.8. The van der Waals surface area contributed by atoms with Gasteiger partial charge in [-0.1, -0.05) is 97.6 Å². The van der Waals surface area contributed by atoms with Crippen LogP contribution in [0.3, 0.4) is 0 Å². The number of hydrogen-bond acceptors (Lipinski definition) is 9. The van der Waals surface area contributed by atoms with E-state index in [-0.39, 0.29) is 13.0 Å². The second-order valence-corrected chi connectivity index (χ2v) is 14.0. The summed E-state index contributed by atoms with van der Waals surface area (Å²) in [6.45, 7) is 9.88. The fraction of sp³-hybridized carbons (Fsp3) is 0.375. The van der Waals surface area contributed by atoms with Gasteiger partial charge < -0.3 is 35.3 Å². The summed E-state index contributed by atoms with van der Waals surface area (Å²) in [5.41, 5.74) is -1.82. The highest BCUT2D eigenvalue weighted by atomic mass is 16.6. The fourth-order valence-corrected chi connectivity index (χ4v) is 7.37. The van der Waals surface area contributed by atoms with E-state index in [1.54, 1.807) is 27.7 Å². The highest BCUT2D eigenvalue weighted by molar-refractivity contribution is 5.97. The molecular weight excluding hydrogens is 666 g/mol. The van der Waals surface area contributed by atoms with Crippen LogP contribution in [0.4, 0.5) is 4.79 Å². The average molecular weight is 712 g/mol.